The number of carbonyl (C=O) groups excluding carboxylic acids is 3. The minimum absolute atomic E-state index is 0.268. The summed E-state index contributed by atoms with van der Waals surface area (Å²) in [6, 6.07) is 24.3. The van der Waals surface area contributed by atoms with Gasteiger partial charge in [0.2, 0.25) is 5.91 Å². The van der Waals surface area contributed by atoms with Crippen molar-refractivity contribution in [2.45, 2.75) is 25.4 Å². The van der Waals surface area contributed by atoms with E-state index >= 15 is 0 Å². The van der Waals surface area contributed by atoms with Gasteiger partial charge >= 0.3 is 6.03 Å². The number of hydrogen-bond acceptors (Lipinski definition) is 3. The molecular formula is C28H26N4O3. The van der Waals surface area contributed by atoms with Gasteiger partial charge in [0.05, 0.1) is 6.04 Å². The van der Waals surface area contributed by atoms with Crippen LogP contribution in [0.3, 0.4) is 0 Å². The molecule has 0 saturated carbocycles. The van der Waals surface area contributed by atoms with Crippen molar-refractivity contribution < 1.29 is 14.4 Å². The number of nitrogens with zero attached hydrogens (tertiary/aromatic N) is 1. The molecule has 0 bridgehead atoms. The lowest BCUT2D eigenvalue weighted by Gasteiger charge is -2.18. The van der Waals surface area contributed by atoms with Crippen molar-refractivity contribution in [2.24, 2.45) is 0 Å². The molecule has 0 unspecified atom stereocenters. The summed E-state index contributed by atoms with van der Waals surface area (Å²) in [7, 11) is 0. The first-order chi connectivity index (χ1) is 17.0. The van der Waals surface area contributed by atoms with Crippen LogP contribution < -0.4 is 10.6 Å². The van der Waals surface area contributed by atoms with Crippen molar-refractivity contribution in [2.75, 3.05) is 6.54 Å². The standard InChI is InChI=1S/C28H26N4O3/c1-18(19-11-13-21(14-12-19)20-7-3-2-4-8-20)30-26(33)17-32-27(34)25(31-28(32)35)15-22-16-29-24-10-6-5-9-23(22)24/h2-14,16,18,25,29H,15,17H2,1H3,(H,30,33)(H,31,35)/t18-,25-/m1/s1. The molecule has 1 aliphatic rings. The molecule has 2 heterocycles. The van der Waals surface area contributed by atoms with Gasteiger partial charge in [-0.3, -0.25) is 14.5 Å². The Kier molecular flexibility index (Phi) is 6.06. The second-order valence-corrected chi connectivity index (χ2v) is 8.77. The number of aromatic amines is 1. The maximum Gasteiger partial charge on any atom is 0.325 e. The van der Waals surface area contributed by atoms with Crippen LogP contribution in [-0.2, 0) is 16.0 Å². The summed E-state index contributed by atoms with van der Waals surface area (Å²) in [4.78, 5) is 42.2. The number of urea groups is 1. The normalized spacial score (nSPS) is 16.4. The first-order valence-electron chi connectivity index (χ1n) is 11.6. The van der Waals surface area contributed by atoms with Crippen molar-refractivity contribution in [1.29, 1.82) is 0 Å². The van der Waals surface area contributed by atoms with E-state index < -0.39 is 18.0 Å². The van der Waals surface area contributed by atoms with Gasteiger partial charge in [0.1, 0.15) is 12.6 Å². The Hall–Kier alpha value is -4.39. The second-order valence-electron chi connectivity index (χ2n) is 8.77. The van der Waals surface area contributed by atoms with Crippen LogP contribution in [0.2, 0.25) is 0 Å². The molecule has 4 aromatic rings. The number of para-hydroxylation sites is 1. The Morgan fingerprint density at radius 1 is 0.943 bits per heavy atom. The smallest absolute Gasteiger partial charge is 0.325 e. The molecule has 7 heteroatoms. The lowest BCUT2D eigenvalue weighted by molar-refractivity contribution is -0.132. The predicted molar refractivity (Wildman–Crippen MR) is 134 cm³/mol. The molecule has 3 aromatic carbocycles. The van der Waals surface area contributed by atoms with Crippen LogP contribution in [0.1, 0.15) is 24.1 Å². The SMILES string of the molecule is C[C@@H](NC(=O)CN1C(=O)N[C@H](Cc2c[nH]c3ccccc23)C1=O)c1ccc(-c2ccccc2)cc1. The number of carbonyl (C=O) groups is 3. The van der Waals surface area contributed by atoms with E-state index in [0.29, 0.717) is 6.42 Å². The fourth-order valence-corrected chi connectivity index (χ4v) is 4.49. The number of H-pyrrole nitrogens is 1. The highest BCUT2D eigenvalue weighted by Gasteiger charge is 2.39. The molecule has 3 N–H and O–H groups in total. The molecule has 0 radical (unpaired) electrons. The molecule has 1 aromatic heterocycles. The molecule has 35 heavy (non-hydrogen) atoms. The lowest BCUT2D eigenvalue weighted by Crippen LogP contribution is -2.42. The number of rotatable bonds is 7. The van der Waals surface area contributed by atoms with Crippen LogP contribution in [0.5, 0.6) is 0 Å². The maximum absolute atomic E-state index is 12.9. The average Bonchev–Trinajstić information content (AvgIpc) is 3.40. The molecular weight excluding hydrogens is 440 g/mol. The van der Waals surface area contributed by atoms with Gasteiger partial charge < -0.3 is 15.6 Å². The highest BCUT2D eigenvalue weighted by Crippen LogP contribution is 2.23. The summed E-state index contributed by atoms with van der Waals surface area (Å²) in [6.07, 6.45) is 2.21. The topological polar surface area (TPSA) is 94.3 Å². The summed E-state index contributed by atoms with van der Waals surface area (Å²) in [5, 5.41) is 6.61. The third kappa shape index (κ3) is 4.66. The first-order valence-corrected chi connectivity index (χ1v) is 11.6. The first kappa shape index (κ1) is 22.4. The number of fused-ring (bicyclic) bond motifs is 1. The number of nitrogens with one attached hydrogen (secondary N) is 3. The van der Waals surface area contributed by atoms with E-state index in [4.69, 9.17) is 0 Å². The van der Waals surface area contributed by atoms with E-state index in [-0.39, 0.29) is 18.5 Å². The van der Waals surface area contributed by atoms with Gasteiger partial charge in [-0.05, 0) is 35.2 Å². The monoisotopic (exact) mass is 466 g/mol. The minimum Gasteiger partial charge on any atom is -0.361 e. The van der Waals surface area contributed by atoms with Crippen molar-refractivity contribution in [1.82, 2.24) is 20.5 Å². The van der Waals surface area contributed by atoms with E-state index in [9.17, 15) is 14.4 Å². The Bertz CT molecular complexity index is 1380. The van der Waals surface area contributed by atoms with E-state index in [0.717, 1.165) is 38.1 Å². The highest BCUT2D eigenvalue weighted by atomic mass is 16.2. The van der Waals surface area contributed by atoms with Crippen LogP contribution in [0.25, 0.3) is 22.0 Å². The Labute approximate surface area is 203 Å². The third-order valence-electron chi connectivity index (χ3n) is 6.40. The number of benzene rings is 3. The van der Waals surface area contributed by atoms with Crippen molar-refractivity contribution >= 4 is 28.7 Å². The summed E-state index contributed by atoms with van der Waals surface area (Å²) >= 11 is 0. The predicted octanol–water partition coefficient (Wildman–Crippen LogP) is 4.18. The quantitative estimate of drug-likeness (QED) is 0.357. The zero-order valence-corrected chi connectivity index (χ0v) is 19.3. The molecule has 7 nitrogen and oxygen atoms in total. The van der Waals surface area contributed by atoms with Crippen molar-refractivity contribution in [3.05, 3.63) is 96.2 Å². The van der Waals surface area contributed by atoms with Gasteiger partial charge in [-0.25, -0.2) is 4.79 Å². The van der Waals surface area contributed by atoms with E-state index in [1.165, 1.54) is 0 Å². The number of amides is 4. The van der Waals surface area contributed by atoms with Crippen LogP contribution in [0, 0.1) is 0 Å². The molecule has 5 rings (SSSR count). The van der Waals surface area contributed by atoms with Gasteiger partial charge in [0.25, 0.3) is 5.91 Å². The summed E-state index contributed by atoms with van der Waals surface area (Å²) in [6.45, 7) is 1.56. The fraction of sp³-hybridized carbons (Fsp3) is 0.179. The zero-order valence-electron chi connectivity index (χ0n) is 19.3. The van der Waals surface area contributed by atoms with Gasteiger partial charge in [-0.15, -0.1) is 0 Å². The third-order valence-corrected chi connectivity index (χ3v) is 6.40. The molecule has 4 amide bonds. The molecule has 0 aliphatic carbocycles. The average molecular weight is 467 g/mol. The number of imide groups is 1. The largest absolute Gasteiger partial charge is 0.361 e. The van der Waals surface area contributed by atoms with Crippen LogP contribution in [0.15, 0.2) is 85.1 Å². The molecule has 2 atom stereocenters. The van der Waals surface area contributed by atoms with E-state index in [1.807, 2.05) is 92.0 Å². The van der Waals surface area contributed by atoms with E-state index in [1.54, 1.807) is 0 Å². The Balaban J connectivity index is 1.19. The number of aromatic nitrogens is 1. The zero-order chi connectivity index (χ0) is 24.4. The molecule has 1 saturated heterocycles. The summed E-state index contributed by atoms with van der Waals surface area (Å²) in [5.74, 6) is -0.781. The van der Waals surface area contributed by atoms with Crippen molar-refractivity contribution in [3.8, 4) is 11.1 Å². The lowest BCUT2D eigenvalue weighted by atomic mass is 10.0. The Morgan fingerprint density at radius 3 is 2.40 bits per heavy atom. The number of hydrogen-bond donors (Lipinski definition) is 3. The molecule has 0 spiro atoms. The van der Waals surface area contributed by atoms with Crippen LogP contribution in [0.4, 0.5) is 4.79 Å². The van der Waals surface area contributed by atoms with Crippen molar-refractivity contribution in [3.63, 3.8) is 0 Å². The minimum atomic E-state index is -0.697. The van der Waals surface area contributed by atoms with Gasteiger partial charge in [0, 0.05) is 23.5 Å². The molecule has 1 aliphatic heterocycles. The summed E-state index contributed by atoms with van der Waals surface area (Å²) < 4.78 is 0. The molecule has 1 fully saturated rings. The van der Waals surface area contributed by atoms with E-state index in [2.05, 4.69) is 15.6 Å². The van der Waals surface area contributed by atoms with Gasteiger partial charge in [-0.1, -0.05) is 72.8 Å². The summed E-state index contributed by atoms with van der Waals surface area (Å²) in [5.41, 5.74) is 5.07. The van der Waals surface area contributed by atoms with Crippen LogP contribution >= 0.6 is 0 Å². The maximum atomic E-state index is 12.9. The Morgan fingerprint density at radius 2 is 1.63 bits per heavy atom. The van der Waals surface area contributed by atoms with Crippen LogP contribution in [-0.4, -0.2) is 40.3 Å². The van der Waals surface area contributed by atoms with Gasteiger partial charge in [-0.2, -0.15) is 0 Å². The van der Waals surface area contributed by atoms with Gasteiger partial charge in [0.15, 0.2) is 0 Å². The molecule has 176 valence electrons. The fourth-order valence-electron chi connectivity index (χ4n) is 4.49. The highest BCUT2D eigenvalue weighted by molar-refractivity contribution is 6.06. The second kappa shape index (κ2) is 9.46.